The Labute approximate surface area is 112 Å². The number of imidazole rings is 1. The van der Waals surface area contributed by atoms with Crippen LogP contribution in [0.4, 0.5) is 5.69 Å². The molecule has 2 atom stereocenters. The predicted molar refractivity (Wildman–Crippen MR) is 73.7 cm³/mol. The number of aliphatic hydroxyl groups excluding tert-OH is 1. The number of hydrogen-bond donors (Lipinski definition) is 2. The van der Waals surface area contributed by atoms with E-state index in [9.17, 15) is 5.11 Å². The Morgan fingerprint density at radius 3 is 3.11 bits per heavy atom. The largest absolute Gasteiger partial charge is 0.399 e. The summed E-state index contributed by atoms with van der Waals surface area (Å²) < 4.78 is 7.58. The zero-order valence-electron chi connectivity index (χ0n) is 11.0. The summed E-state index contributed by atoms with van der Waals surface area (Å²) >= 11 is 0. The number of rotatable bonds is 3. The van der Waals surface area contributed by atoms with E-state index in [1.54, 1.807) is 0 Å². The molecule has 2 aromatic rings. The number of nitrogens with two attached hydrogens (primary N) is 1. The number of nitrogens with zero attached hydrogens (tertiary/aromatic N) is 2. The maximum atomic E-state index is 9.53. The van der Waals surface area contributed by atoms with Crippen LogP contribution in [0.15, 0.2) is 18.2 Å². The fraction of sp³-hybridized carbons (Fsp3) is 0.500. The van der Waals surface area contributed by atoms with Crippen LogP contribution in [0.1, 0.15) is 25.2 Å². The number of nitrogen functional groups attached to an aromatic ring is 1. The van der Waals surface area contributed by atoms with Gasteiger partial charge in [0, 0.05) is 24.3 Å². The first-order valence-corrected chi connectivity index (χ1v) is 6.65. The standard InChI is InChI=1S/C14H19N3O2/c1-9(10-4-5-19-8-10)17-13-3-2-11(15)6-12(13)16-14(17)7-18/h2-3,6,9-10,18H,4-5,7-8,15H2,1H3. The molecular formula is C14H19N3O2. The molecule has 102 valence electrons. The Balaban J connectivity index is 2.09. The van der Waals surface area contributed by atoms with Gasteiger partial charge < -0.3 is 20.1 Å². The molecule has 0 saturated carbocycles. The van der Waals surface area contributed by atoms with Crippen LogP contribution in [0.3, 0.4) is 0 Å². The third-order valence-electron chi connectivity index (χ3n) is 3.98. The highest BCUT2D eigenvalue weighted by molar-refractivity contribution is 5.79. The molecule has 5 heteroatoms. The topological polar surface area (TPSA) is 73.3 Å². The SMILES string of the molecule is CC(C1CCOC1)n1c(CO)nc2cc(N)ccc21. The molecule has 2 heterocycles. The quantitative estimate of drug-likeness (QED) is 0.825. The zero-order chi connectivity index (χ0) is 13.4. The molecule has 1 aromatic heterocycles. The summed E-state index contributed by atoms with van der Waals surface area (Å²) in [6, 6.07) is 5.96. The minimum atomic E-state index is -0.0630. The molecule has 1 aliphatic heterocycles. The van der Waals surface area contributed by atoms with Crippen LogP contribution in [0.2, 0.25) is 0 Å². The number of hydrogen-bond acceptors (Lipinski definition) is 4. The van der Waals surface area contributed by atoms with E-state index >= 15 is 0 Å². The van der Waals surface area contributed by atoms with Gasteiger partial charge in [-0.1, -0.05) is 0 Å². The van der Waals surface area contributed by atoms with Crippen molar-refractivity contribution in [1.82, 2.24) is 9.55 Å². The van der Waals surface area contributed by atoms with Crippen molar-refractivity contribution in [3.05, 3.63) is 24.0 Å². The molecule has 1 saturated heterocycles. The Kier molecular flexibility index (Phi) is 3.16. The summed E-state index contributed by atoms with van der Waals surface area (Å²) in [5.74, 6) is 1.17. The summed E-state index contributed by atoms with van der Waals surface area (Å²) in [6.45, 7) is 3.70. The lowest BCUT2D eigenvalue weighted by Gasteiger charge is -2.22. The van der Waals surface area contributed by atoms with Crippen LogP contribution in [-0.2, 0) is 11.3 Å². The van der Waals surface area contributed by atoms with Crippen molar-refractivity contribution in [2.24, 2.45) is 5.92 Å². The Bertz CT molecular complexity index is 588. The van der Waals surface area contributed by atoms with Gasteiger partial charge in [-0.05, 0) is 31.5 Å². The van der Waals surface area contributed by atoms with E-state index in [0.29, 0.717) is 17.4 Å². The molecule has 1 fully saturated rings. The van der Waals surface area contributed by atoms with E-state index in [4.69, 9.17) is 10.5 Å². The molecule has 2 unspecified atom stereocenters. The first-order chi connectivity index (χ1) is 9.20. The first-order valence-electron chi connectivity index (χ1n) is 6.65. The second kappa shape index (κ2) is 4.83. The van der Waals surface area contributed by atoms with Crippen LogP contribution in [0.5, 0.6) is 0 Å². The van der Waals surface area contributed by atoms with E-state index in [1.807, 2.05) is 18.2 Å². The number of benzene rings is 1. The Morgan fingerprint density at radius 2 is 2.42 bits per heavy atom. The fourth-order valence-electron chi connectivity index (χ4n) is 2.88. The number of aliphatic hydroxyl groups is 1. The highest BCUT2D eigenvalue weighted by Gasteiger charge is 2.26. The summed E-state index contributed by atoms with van der Waals surface area (Å²) in [5, 5.41) is 9.53. The van der Waals surface area contributed by atoms with Gasteiger partial charge in [-0.3, -0.25) is 0 Å². The van der Waals surface area contributed by atoms with Gasteiger partial charge in [0.25, 0.3) is 0 Å². The lowest BCUT2D eigenvalue weighted by atomic mass is 10.00. The van der Waals surface area contributed by atoms with Gasteiger partial charge in [0.2, 0.25) is 0 Å². The van der Waals surface area contributed by atoms with Crippen molar-refractivity contribution in [3.8, 4) is 0 Å². The summed E-state index contributed by atoms with van der Waals surface area (Å²) in [6.07, 6.45) is 1.06. The van der Waals surface area contributed by atoms with Crippen LogP contribution in [0.25, 0.3) is 11.0 Å². The van der Waals surface area contributed by atoms with Gasteiger partial charge in [-0.2, -0.15) is 0 Å². The monoisotopic (exact) mass is 261 g/mol. The average Bonchev–Trinajstić information content (AvgIpc) is 3.04. The van der Waals surface area contributed by atoms with Gasteiger partial charge in [0.15, 0.2) is 0 Å². The van der Waals surface area contributed by atoms with Crippen molar-refractivity contribution in [3.63, 3.8) is 0 Å². The number of ether oxygens (including phenoxy) is 1. The van der Waals surface area contributed by atoms with E-state index in [0.717, 1.165) is 30.7 Å². The van der Waals surface area contributed by atoms with Crippen molar-refractivity contribution in [2.45, 2.75) is 26.0 Å². The van der Waals surface area contributed by atoms with Gasteiger partial charge >= 0.3 is 0 Å². The zero-order valence-corrected chi connectivity index (χ0v) is 11.0. The molecule has 5 nitrogen and oxygen atoms in total. The Morgan fingerprint density at radius 1 is 1.58 bits per heavy atom. The van der Waals surface area contributed by atoms with Gasteiger partial charge in [-0.15, -0.1) is 0 Å². The van der Waals surface area contributed by atoms with Gasteiger partial charge in [0.05, 0.1) is 17.6 Å². The number of aromatic nitrogens is 2. The molecule has 3 N–H and O–H groups in total. The highest BCUT2D eigenvalue weighted by Crippen LogP contribution is 2.31. The fourth-order valence-corrected chi connectivity index (χ4v) is 2.88. The summed E-state index contributed by atoms with van der Waals surface area (Å²) in [7, 11) is 0. The maximum absolute atomic E-state index is 9.53. The molecular weight excluding hydrogens is 242 g/mol. The smallest absolute Gasteiger partial charge is 0.135 e. The number of fused-ring (bicyclic) bond motifs is 1. The van der Waals surface area contributed by atoms with E-state index in [2.05, 4.69) is 16.5 Å². The summed E-state index contributed by atoms with van der Waals surface area (Å²) in [5.41, 5.74) is 8.35. The average molecular weight is 261 g/mol. The Hall–Kier alpha value is -1.59. The molecule has 0 amide bonds. The van der Waals surface area contributed by atoms with Gasteiger partial charge in [0.1, 0.15) is 12.4 Å². The minimum absolute atomic E-state index is 0.0630. The molecule has 0 bridgehead atoms. The van der Waals surface area contributed by atoms with E-state index in [-0.39, 0.29) is 12.6 Å². The van der Waals surface area contributed by atoms with Crippen LogP contribution in [0, 0.1) is 5.92 Å². The lowest BCUT2D eigenvalue weighted by molar-refractivity contribution is 0.173. The first kappa shape index (κ1) is 12.4. The second-order valence-electron chi connectivity index (χ2n) is 5.17. The maximum Gasteiger partial charge on any atom is 0.135 e. The third kappa shape index (κ3) is 2.09. The van der Waals surface area contributed by atoms with Crippen LogP contribution in [-0.4, -0.2) is 27.9 Å². The molecule has 3 rings (SSSR count). The molecule has 1 aromatic carbocycles. The highest BCUT2D eigenvalue weighted by atomic mass is 16.5. The van der Waals surface area contributed by atoms with Gasteiger partial charge in [-0.25, -0.2) is 4.98 Å². The van der Waals surface area contributed by atoms with Crippen LogP contribution >= 0.6 is 0 Å². The summed E-state index contributed by atoms with van der Waals surface area (Å²) in [4.78, 5) is 4.48. The minimum Gasteiger partial charge on any atom is -0.399 e. The number of anilines is 1. The van der Waals surface area contributed by atoms with Crippen molar-refractivity contribution < 1.29 is 9.84 Å². The normalized spacial score (nSPS) is 21.1. The third-order valence-corrected chi connectivity index (χ3v) is 3.98. The van der Waals surface area contributed by atoms with E-state index in [1.165, 1.54) is 0 Å². The second-order valence-corrected chi connectivity index (χ2v) is 5.17. The van der Waals surface area contributed by atoms with Crippen LogP contribution < -0.4 is 5.73 Å². The molecule has 19 heavy (non-hydrogen) atoms. The molecule has 0 aliphatic carbocycles. The molecule has 1 aliphatic rings. The molecule has 0 spiro atoms. The van der Waals surface area contributed by atoms with Crippen molar-refractivity contribution in [2.75, 3.05) is 18.9 Å². The predicted octanol–water partition coefficient (Wildman–Crippen LogP) is 1.71. The molecule has 0 radical (unpaired) electrons. The van der Waals surface area contributed by atoms with E-state index < -0.39 is 0 Å². The van der Waals surface area contributed by atoms with Crippen molar-refractivity contribution in [1.29, 1.82) is 0 Å². The van der Waals surface area contributed by atoms with Crippen molar-refractivity contribution >= 4 is 16.7 Å². The lowest BCUT2D eigenvalue weighted by Crippen LogP contribution is -2.19.